The third kappa shape index (κ3) is 1.87. The normalized spacial score (nSPS) is 11.6. The van der Waals surface area contributed by atoms with Crippen molar-refractivity contribution in [2.75, 3.05) is 7.11 Å². The van der Waals surface area contributed by atoms with E-state index in [4.69, 9.17) is 9.47 Å². The van der Waals surface area contributed by atoms with Crippen molar-refractivity contribution in [1.29, 1.82) is 5.26 Å². The largest absolute Gasteiger partial charge is 0.493 e. The van der Waals surface area contributed by atoms with Crippen LogP contribution >= 0.6 is 0 Å². The Labute approximate surface area is 120 Å². The molecule has 0 fully saturated rings. The van der Waals surface area contributed by atoms with E-state index in [1.165, 1.54) is 13.2 Å². The fourth-order valence-corrected chi connectivity index (χ4v) is 2.48. The van der Waals surface area contributed by atoms with E-state index in [1.54, 1.807) is 0 Å². The molecule has 2 aromatic rings. The third-order valence-electron chi connectivity index (χ3n) is 3.41. The Bertz CT molecular complexity index is 793. The van der Waals surface area contributed by atoms with Crippen molar-refractivity contribution < 1.29 is 14.4 Å². The molecule has 1 aliphatic rings. The number of nitro groups is 1. The van der Waals surface area contributed by atoms with Crippen LogP contribution in [0.25, 0.3) is 11.1 Å². The predicted molar refractivity (Wildman–Crippen MR) is 74.1 cm³/mol. The van der Waals surface area contributed by atoms with Gasteiger partial charge in [-0.3, -0.25) is 10.1 Å². The van der Waals surface area contributed by atoms with Gasteiger partial charge in [0.15, 0.2) is 11.5 Å². The number of benzene rings is 2. The van der Waals surface area contributed by atoms with Gasteiger partial charge in [0.1, 0.15) is 18.2 Å². The molecule has 0 aromatic heterocycles. The summed E-state index contributed by atoms with van der Waals surface area (Å²) in [6.07, 6.45) is 0. The molecule has 0 saturated carbocycles. The number of nitro benzene ring substituents is 1. The second-order valence-electron chi connectivity index (χ2n) is 4.49. The van der Waals surface area contributed by atoms with Crippen molar-refractivity contribution in [2.45, 2.75) is 6.61 Å². The van der Waals surface area contributed by atoms with Gasteiger partial charge in [-0.05, 0) is 11.1 Å². The molecule has 0 radical (unpaired) electrons. The Morgan fingerprint density at radius 1 is 1.43 bits per heavy atom. The number of fused-ring (bicyclic) bond motifs is 3. The maximum atomic E-state index is 11.2. The van der Waals surface area contributed by atoms with Gasteiger partial charge in [0.2, 0.25) is 0 Å². The second kappa shape index (κ2) is 4.80. The number of methoxy groups -OCH3 is 1. The second-order valence-corrected chi connectivity index (χ2v) is 4.49. The Hall–Kier alpha value is -3.07. The summed E-state index contributed by atoms with van der Waals surface area (Å²) in [5.74, 6) is 0.628. The molecule has 6 heteroatoms. The van der Waals surface area contributed by atoms with E-state index in [2.05, 4.69) is 0 Å². The van der Waals surface area contributed by atoms with Gasteiger partial charge in [0.25, 0.3) is 5.69 Å². The van der Waals surface area contributed by atoms with Gasteiger partial charge in [-0.1, -0.05) is 24.3 Å². The molecule has 3 rings (SSSR count). The summed E-state index contributed by atoms with van der Waals surface area (Å²) in [6, 6.07) is 10.5. The standard InChI is InChI=1S/C15H10N2O4/c1-20-13-6-12(17(18)19)11(7-16)14-10-5-3-2-4-9(10)8-21-15(13)14/h2-6H,8H2,1H3. The fourth-order valence-electron chi connectivity index (χ4n) is 2.48. The summed E-state index contributed by atoms with van der Waals surface area (Å²) < 4.78 is 10.8. The Balaban J connectivity index is 2.43. The van der Waals surface area contributed by atoms with Crippen LogP contribution in [-0.2, 0) is 6.61 Å². The van der Waals surface area contributed by atoms with E-state index in [0.717, 1.165) is 11.1 Å². The van der Waals surface area contributed by atoms with E-state index < -0.39 is 4.92 Å². The van der Waals surface area contributed by atoms with Gasteiger partial charge < -0.3 is 9.47 Å². The number of nitriles is 1. The molecule has 0 bridgehead atoms. The zero-order chi connectivity index (χ0) is 15.0. The summed E-state index contributed by atoms with van der Waals surface area (Å²) >= 11 is 0. The van der Waals surface area contributed by atoms with E-state index in [-0.39, 0.29) is 17.0 Å². The Kier molecular flexibility index (Phi) is 2.95. The van der Waals surface area contributed by atoms with Crippen LogP contribution in [0.2, 0.25) is 0 Å². The van der Waals surface area contributed by atoms with Crippen molar-refractivity contribution in [3.8, 4) is 28.7 Å². The summed E-state index contributed by atoms with van der Waals surface area (Å²) in [6.45, 7) is 0.336. The van der Waals surface area contributed by atoms with Crippen LogP contribution in [-0.4, -0.2) is 12.0 Å². The number of nitrogens with zero attached hydrogens (tertiary/aromatic N) is 2. The van der Waals surface area contributed by atoms with Crippen LogP contribution in [0, 0.1) is 21.4 Å². The predicted octanol–water partition coefficient (Wildman–Crippen LogP) is 3.03. The molecule has 1 heterocycles. The number of rotatable bonds is 2. The summed E-state index contributed by atoms with van der Waals surface area (Å²) in [4.78, 5) is 10.6. The van der Waals surface area contributed by atoms with Gasteiger partial charge >= 0.3 is 0 Å². The average Bonchev–Trinajstić information content (AvgIpc) is 2.52. The van der Waals surface area contributed by atoms with Gasteiger partial charge in [-0.25, -0.2) is 0 Å². The molecule has 0 N–H and O–H groups in total. The molecule has 2 aromatic carbocycles. The lowest BCUT2D eigenvalue weighted by Gasteiger charge is -2.23. The molecule has 6 nitrogen and oxygen atoms in total. The first-order chi connectivity index (χ1) is 10.2. The lowest BCUT2D eigenvalue weighted by molar-refractivity contribution is -0.385. The van der Waals surface area contributed by atoms with Crippen molar-refractivity contribution >= 4 is 5.69 Å². The molecule has 21 heavy (non-hydrogen) atoms. The Morgan fingerprint density at radius 2 is 2.19 bits per heavy atom. The van der Waals surface area contributed by atoms with Gasteiger partial charge in [-0.15, -0.1) is 0 Å². The summed E-state index contributed by atoms with van der Waals surface area (Å²) in [5.41, 5.74) is 1.77. The van der Waals surface area contributed by atoms with Crippen molar-refractivity contribution in [3.63, 3.8) is 0 Å². The molecule has 0 amide bonds. The molecule has 0 spiro atoms. The van der Waals surface area contributed by atoms with E-state index in [0.29, 0.717) is 17.9 Å². The zero-order valence-electron chi connectivity index (χ0n) is 11.1. The molecule has 0 unspecified atom stereocenters. The number of hydrogen-bond acceptors (Lipinski definition) is 5. The molecule has 104 valence electrons. The van der Waals surface area contributed by atoms with E-state index >= 15 is 0 Å². The first-order valence-electron chi connectivity index (χ1n) is 6.18. The smallest absolute Gasteiger partial charge is 0.291 e. The zero-order valence-corrected chi connectivity index (χ0v) is 11.1. The minimum atomic E-state index is -0.585. The lowest BCUT2D eigenvalue weighted by Crippen LogP contribution is -2.09. The van der Waals surface area contributed by atoms with Crippen LogP contribution in [0.5, 0.6) is 11.5 Å². The number of hydrogen-bond donors (Lipinski definition) is 0. The fraction of sp³-hybridized carbons (Fsp3) is 0.133. The van der Waals surface area contributed by atoms with E-state index in [9.17, 15) is 15.4 Å². The third-order valence-corrected chi connectivity index (χ3v) is 3.41. The number of ether oxygens (including phenoxy) is 2. The van der Waals surface area contributed by atoms with Gasteiger partial charge in [0.05, 0.1) is 23.7 Å². The molecule has 0 atom stereocenters. The van der Waals surface area contributed by atoms with Crippen LogP contribution in [0.3, 0.4) is 0 Å². The molecule has 0 aliphatic carbocycles. The highest BCUT2D eigenvalue weighted by atomic mass is 16.6. The van der Waals surface area contributed by atoms with Crippen LogP contribution in [0.4, 0.5) is 5.69 Å². The highest BCUT2D eigenvalue weighted by Crippen LogP contribution is 2.48. The first-order valence-corrected chi connectivity index (χ1v) is 6.18. The summed E-state index contributed by atoms with van der Waals surface area (Å²) in [5, 5.41) is 20.6. The highest BCUT2D eigenvalue weighted by molar-refractivity contribution is 5.86. The van der Waals surface area contributed by atoms with Crippen LogP contribution in [0.1, 0.15) is 11.1 Å². The van der Waals surface area contributed by atoms with Crippen molar-refractivity contribution in [2.24, 2.45) is 0 Å². The van der Waals surface area contributed by atoms with Crippen molar-refractivity contribution in [1.82, 2.24) is 0 Å². The molecule has 1 aliphatic heterocycles. The monoisotopic (exact) mass is 282 g/mol. The Morgan fingerprint density at radius 3 is 2.86 bits per heavy atom. The molecular weight excluding hydrogens is 272 g/mol. The highest BCUT2D eigenvalue weighted by Gasteiger charge is 2.30. The lowest BCUT2D eigenvalue weighted by atomic mass is 9.92. The summed E-state index contributed by atoms with van der Waals surface area (Å²) in [7, 11) is 1.41. The molecule has 0 saturated heterocycles. The van der Waals surface area contributed by atoms with Gasteiger partial charge in [0, 0.05) is 0 Å². The maximum absolute atomic E-state index is 11.2. The SMILES string of the molecule is COc1cc([N+](=O)[O-])c(C#N)c2c1OCc1ccccc1-2. The van der Waals surface area contributed by atoms with Crippen LogP contribution in [0.15, 0.2) is 30.3 Å². The van der Waals surface area contributed by atoms with E-state index in [1.807, 2.05) is 30.3 Å². The minimum Gasteiger partial charge on any atom is -0.493 e. The average molecular weight is 282 g/mol. The first kappa shape index (κ1) is 12.9. The minimum absolute atomic E-state index is 0.0112. The maximum Gasteiger partial charge on any atom is 0.291 e. The van der Waals surface area contributed by atoms with Crippen LogP contribution < -0.4 is 9.47 Å². The van der Waals surface area contributed by atoms with Gasteiger partial charge in [-0.2, -0.15) is 5.26 Å². The quantitative estimate of drug-likeness (QED) is 0.624. The molecular formula is C15H10N2O4. The topological polar surface area (TPSA) is 85.4 Å². The van der Waals surface area contributed by atoms with Crippen molar-refractivity contribution in [3.05, 3.63) is 51.6 Å².